The van der Waals surface area contributed by atoms with Crippen molar-refractivity contribution < 1.29 is 22.8 Å². The van der Waals surface area contributed by atoms with Crippen molar-refractivity contribution in [3.8, 4) is 11.5 Å². The molecule has 10 heteroatoms. The van der Waals surface area contributed by atoms with Crippen LogP contribution in [0.1, 0.15) is 27.3 Å². The quantitative estimate of drug-likeness (QED) is 0.480. The molecule has 1 atom stereocenters. The number of oxazole rings is 1. The van der Waals surface area contributed by atoms with Gasteiger partial charge in [-0.25, -0.2) is 13.8 Å². The molecule has 1 fully saturated rings. The van der Waals surface area contributed by atoms with Crippen LogP contribution in [-0.2, 0) is 0 Å². The van der Waals surface area contributed by atoms with Gasteiger partial charge < -0.3 is 26.1 Å². The van der Waals surface area contributed by atoms with Crippen molar-refractivity contribution in [2.75, 3.05) is 18.4 Å². The Hall–Kier alpha value is -3.79. The van der Waals surface area contributed by atoms with Crippen LogP contribution in [0.3, 0.4) is 0 Å². The van der Waals surface area contributed by atoms with Crippen LogP contribution in [0.2, 0.25) is 0 Å². The van der Waals surface area contributed by atoms with Gasteiger partial charge in [-0.2, -0.15) is 0 Å². The zero-order valence-corrected chi connectivity index (χ0v) is 16.2. The molecule has 0 aliphatic carbocycles. The number of primary amides is 1. The van der Waals surface area contributed by atoms with Crippen molar-refractivity contribution in [3.05, 3.63) is 65.4 Å². The van der Waals surface area contributed by atoms with Crippen LogP contribution in [0.5, 0.6) is 0 Å². The van der Waals surface area contributed by atoms with Crippen molar-refractivity contribution >= 4 is 23.4 Å². The van der Waals surface area contributed by atoms with Crippen LogP contribution >= 0.6 is 0 Å². The van der Waals surface area contributed by atoms with Gasteiger partial charge in [0.15, 0.2) is 5.69 Å². The molecule has 1 aliphatic rings. The topological polar surface area (TPSA) is 122 Å². The maximum Gasteiger partial charge on any atom is 0.273 e. The Labute approximate surface area is 175 Å². The lowest BCUT2D eigenvalue weighted by molar-refractivity contribution is 0.0939. The molecular weight excluding hydrogens is 408 g/mol. The number of amides is 2. The SMILES string of the molecule is NC(=O)c1nc(-c2c(F)cccc2F)oc1Nc1ccc(C(=O)N[C@@H]2CCNC2)cc1. The van der Waals surface area contributed by atoms with E-state index in [2.05, 4.69) is 20.9 Å². The van der Waals surface area contributed by atoms with E-state index in [1.807, 2.05) is 0 Å². The van der Waals surface area contributed by atoms with Gasteiger partial charge in [0, 0.05) is 23.8 Å². The van der Waals surface area contributed by atoms with Gasteiger partial charge in [0.05, 0.1) is 0 Å². The van der Waals surface area contributed by atoms with Crippen LogP contribution in [-0.4, -0.2) is 35.9 Å². The van der Waals surface area contributed by atoms with Gasteiger partial charge in [-0.05, 0) is 49.4 Å². The predicted molar refractivity (Wildman–Crippen MR) is 109 cm³/mol. The van der Waals surface area contributed by atoms with Crippen molar-refractivity contribution in [2.45, 2.75) is 12.5 Å². The van der Waals surface area contributed by atoms with Gasteiger partial charge >= 0.3 is 0 Å². The van der Waals surface area contributed by atoms with Gasteiger partial charge in [0.2, 0.25) is 11.8 Å². The fourth-order valence-electron chi connectivity index (χ4n) is 3.26. The molecule has 0 bridgehead atoms. The molecule has 1 saturated heterocycles. The lowest BCUT2D eigenvalue weighted by Gasteiger charge is -2.11. The number of nitrogens with two attached hydrogens (primary N) is 1. The Morgan fingerprint density at radius 1 is 1.13 bits per heavy atom. The van der Waals surface area contributed by atoms with E-state index in [1.165, 1.54) is 6.07 Å². The first-order valence-electron chi connectivity index (χ1n) is 9.56. The summed E-state index contributed by atoms with van der Waals surface area (Å²) in [4.78, 5) is 27.9. The molecule has 160 valence electrons. The van der Waals surface area contributed by atoms with Crippen molar-refractivity contribution in [3.63, 3.8) is 0 Å². The highest BCUT2D eigenvalue weighted by Gasteiger charge is 2.23. The molecule has 4 rings (SSSR count). The number of nitrogens with zero attached hydrogens (tertiary/aromatic N) is 1. The number of aromatic nitrogens is 1. The van der Waals surface area contributed by atoms with E-state index in [0.717, 1.165) is 31.6 Å². The minimum Gasteiger partial charge on any atom is -0.419 e. The normalized spacial score (nSPS) is 15.6. The number of halogens is 2. The lowest BCUT2D eigenvalue weighted by atomic mass is 10.1. The van der Waals surface area contributed by atoms with E-state index < -0.39 is 29.0 Å². The highest BCUT2D eigenvalue weighted by Crippen LogP contribution is 2.31. The minimum absolute atomic E-state index is 0.0924. The summed E-state index contributed by atoms with van der Waals surface area (Å²) >= 11 is 0. The molecule has 0 radical (unpaired) electrons. The molecule has 1 aromatic heterocycles. The molecule has 5 N–H and O–H groups in total. The van der Waals surface area contributed by atoms with Gasteiger partial charge in [0.1, 0.15) is 17.2 Å². The first-order chi connectivity index (χ1) is 14.9. The highest BCUT2D eigenvalue weighted by atomic mass is 19.1. The molecule has 2 heterocycles. The van der Waals surface area contributed by atoms with Crippen LogP contribution in [0.15, 0.2) is 46.9 Å². The summed E-state index contributed by atoms with van der Waals surface area (Å²) in [6.45, 7) is 1.60. The molecular formula is C21H19F2N5O3. The van der Waals surface area contributed by atoms with Gasteiger partial charge in [-0.15, -0.1) is 0 Å². The average Bonchev–Trinajstić information content (AvgIpc) is 3.38. The molecule has 2 amide bonds. The number of benzene rings is 2. The number of anilines is 2. The molecule has 3 aromatic rings. The summed E-state index contributed by atoms with van der Waals surface area (Å²) in [5, 5.41) is 8.92. The number of hydrogen-bond donors (Lipinski definition) is 4. The number of rotatable bonds is 6. The average molecular weight is 427 g/mol. The Bertz CT molecular complexity index is 1100. The molecule has 1 aliphatic heterocycles. The molecule has 0 spiro atoms. The summed E-state index contributed by atoms with van der Waals surface area (Å²) in [5.41, 5.74) is 5.43. The third-order valence-corrected chi connectivity index (χ3v) is 4.84. The smallest absolute Gasteiger partial charge is 0.273 e. The zero-order chi connectivity index (χ0) is 22.0. The standard InChI is InChI=1S/C21H19F2N5O3/c22-14-2-1-3-15(23)16(14)20-28-17(18(24)29)21(31-20)27-12-6-4-11(5-7-12)19(30)26-13-8-9-25-10-13/h1-7,13,25,27H,8-10H2,(H2,24,29)(H,26,30)/t13-/m1/s1. The summed E-state index contributed by atoms with van der Waals surface area (Å²) < 4.78 is 33.5. The Balaban J connectivity index is 1.55. The second kappa shape index (κ2) is 8.52. The van der Waals surface area contributed by atoms with Crippen LogP contribution < -0.4 is 21.7 Å². The van der Waals surface area contributed by atoms with Crippen LogP contribution in [0, 0.1) is 11.6 Å². The largest absolute Gasteiger partial charge is 0.419 e. The Morgan fingerprint density at radius 3 is 2.45 bits per heavy atom. The van der Waals surface area contributed by atoms with E-state index in [9.17, 15) is 18.4 Å². The maximum absolute atomic E-state index is 14.1. The first-order valence-corrected chi connectivity index (χ1v) is 9.56. The van der Waals surface area contributed by atoms with E-state index in [-0.39, 0.29) is 23.5 Å². The maximum atomic E-state index is 14.1. The van der Waals surface area contributed by atoms with E-state index >= 15 is 0 Å². The fourth-order valence-corrected chi connectivity index (χ4v) is 3.26. The van der Waals surface area contributed by atoms with E-state index in [0.29, 0.717) is 11.3 Å². The predicted octanol–water partition coefficient (Wildman–Crippen LogP) is 2.55. The summed E-state index contributed by atoms with van der Waals surface area (Å²) in [7, 11) is 0. The van der Waals surface area contributed by atoms with Crippen molar-refractivity contribution in [1.29, 1.82) is 0 Å². The Kier molecular flexibility index (Phi) is 5.63. The third kappa shape index (κ3) is 4.38. The number of carbonyl (C=O) groups excluding carboxylic acids is 2. The lowest BCUT2D eigenvalue weighted by Crippen LogP contribution is -2.36. The monoisotopic (exact) mass is 427 g/mol. The minimum atomic E-state index is -0.935. The second-order valence-corrected chi connectivity index (χ2v) is 7.02. The first kappa shape index (κ1) is 20.5. The number of carbonyl (C=O) groups is 2. The molecule has 8 nitrogen and oxygen atoms in total. The molecule has 0 saturated carbocycles. The summed E-state index contributed by atoms with van der Waals surface area (Å²) in [6.07, 6.45) is 0.873. The fraction of sp³-hybridized carbons (Fsp3) is 0.190. The van der Waals surface area contributed by atoms with Gasteiger partial charge in [0.25, 0.3) is 11.8 Å². The molecule has 2 aromatic carbocycles. The van der Waals surface area contributed by atoms with E-state index in [1.54, 1.807) is 24.3 Å². The Morgan fingerprint density at radius 2 is 1.84 bits per heavy atom. The van der Waals surface area contributed by atoms with Crippen molar-refractivity contribution in [1.82, 2.24) is 15.6 Å². The zero-order valence-electron chi connectivity index (χ0n) is 16.2. The second-order valence-electron chi connectivity index (χ2n) is 7.02. The van der Waals surface area contributed by atoms with Crippen LogP contribution in [0.4, 0.5) is 20.4 Å². The number of nitrogens with one attached hydrogen (secondary N) is 3. The third-order valence-electron chi connectivity index (χ3n) is 4.84. The van der Waals surface area contributed by atoms with Crippen LogP contribution in [0.25, 0.3) is 11.5 Å². The van der Waals surface area contributed by atoms with Gasteiger partial charge in [-0.1, -0.05) is 6.07 Å². The molecule has 0 unspecified atom stereocenters. The molecule has 31 heavy (non-hydrogen) atoms. The summed E-state index contributed by atoms with van der Waals surface area (Å²) in [5.74, 6) is -3.51. The highest BCUT2D eigenvalue weighted by molar-refractivity contribution is 5.97. The summed E-state index contributed by atoms with van der Waals surface area (Å²) in [6, 6.07) is 9.77. The van der Waals surface area contributed by atoms with Gasteiger partial charge in [-0.3, -0.25) is 9.59 Å². The number of hydrogen-bond acceptors (Lipinski definition) is 6. The van der Waals surface area contributed by atoms with Crippen molar-refractivity contribution in [2.24, 2.45) is 5.73 Å². The van der Waals surface area contributed by atoms with E-state index in [4.69, 9.17) is 10.2 Å².